The Bertz CT molecular complexity index is 477. The van der Waals surface area contributed by atoms with Crippen LogP contribution in [-0.2, 0) is 9.59 Å². The largest absolute Gasteiger partial charge is 0.481 e. The van der Waals surface area contributed by atoms with Crippen molar-refractivity contribution in [2.75, 3.05) is 25.5 Å². The lowest BCUT2D eigenvalue weighted by Gasteiger charge is -2.15. The van der Waals surface area contributed by atoms with E-state index in [0.29, 0.717) is 17.3 Å². The fraction of sp³-hybridized carbons (Fsp3) is 0.385. The van der Waals surface area contributed by atoms with E-state index in [2.05, 4.69) is 5.32 Å². The van der Waals surface area contributed by atoms with Crippen molar-refractivity contribution in [2.24, 2.45) is 0 Å². The van der Waals surface area contributed by atoms with Crippen LogP contribution in [0.15, 0.2) is 18.2 Å². The fourth-order valence-corrected chi connectivity index (χ4v) is 1.70. The van der Waals surface area contributed by atoms with Gasteiger partial charge in [-0.05, 0) is 31.7 Å². The molecule has 0 unspecified atom stereocenters. The minimum Gasteiger partial charge on any atom is -0.481 e. The zero-order valence-corrected chi connectivity index (χ0v) is 11.7. The number of aryl methyl sites for hydroxylation is 1. The van der Waals surface area contributed by atoms with Crippen LogP contribution in [0.3, 0.4) is 0 Å². The predicted molar refractivity (Wildman–Crippen MR) is 74.6 cm³/mol. The number of carboxylic acid groups (broad SMARTS) is 1. The van der Waals surface area contributed by atoms with Crippen molar-refractivity contribution < 1.29 is 14.7 Å². The summed E-state index contributed by atoms with van der Waals surface area (Å²) >= 11 is 5.86. The first-order chi connectivity index (χ1) is 8.88. The summed E-state index contributed by atoms with van der Waals surface area (Å²) in [6, 6.07) is 5.27. The molecule has 19 heavy (non-hydrogen) atoms. The van der Waals surface area contributed by atoms with Gasteiger partial charge >= 0.3 is 5.97 Å². The molecule has 0 bridgehead atoms. The maximum absolute atomic E-state index is 11.8. The van der Waals surface area contributed by atoms with E-state index in [4.69, 9.17) is 16.7 Å². The number of amides is 1. The summed E-state index contributed by atoms with van der Waals surface area (Å²) in [7, 11) is 1.70. The summed E-state index contributed by atoms with van der Waals surface area (Å²) < 4.78 is 0. The highest BCUT2D eigenvalue weighted by Crippen LogP contribution is 2.19. The molecular weight excluding hydrogens is 268 g/mol. The van der Waals surface area contributed by atoms with Gasteiger partial charge in [0, 0.05) is 17.3 Å². The number of hydrogen-bond donors (Lipinski definition) is 2. The number of hydrogen-bond acceptors (Lipinski definition) is 3. The molecule has 1 aromatic rings. The van der Waals surface area contributed by atoms with Crippen LogP contribution in [0.25, 0.3) is 0 Å². The number of rotatable bonds is 6. The van der Waals surface area contributed by atoms with Gasteiger partial charge in [-0.1, -0.05) is 17.7 Å². The Morgan fingerprint density at radius 2 is 2.11 bits per heavy atom. The lowest BCUT2D eigenvalue weighted by molar-refractivity contribution is -0.137. The van der Waals surface area contributed by atoms with Gasteiger partial charge in [-0.3, -0.25) is 14.5 Å². The second kappa shape index (κ2) is 7.11. The Morgan fingerprint density at radius 3 is 2.74 bits per heavy atom. The molecule has 1 amide bonds. The van der Waals surface area contributed by atoms with Gasteiger partial charge in [-0.25, -0.2) is 0 Å². The summed E-state index contributed by atoms with van der Waals surface area (Å²) in [6.45, 7) is 2.34. The third-order valence-electron chi connectivity index (χ3n) is 2.59. The van der Waals surface area contributed by atoms with Gasteiger partial charge in [0.25, 0.3) is 0 Å². The molecule has 0 saturated heterocycles. The number of nitrogens with one attached hydrogen (secondary N) is 1. The van der Waals surface area contributed by atoms with Crippen molar-refractivity contribution in [3.05, 3.63) is 28.8 Å². The van der Waals surface area contributed by atoms with E-state index < -0.39 is 5.97 Å². The van der Waals surface area contributed by atoms with Crippen LogP contribution in [0.4, 0.5) is 5.69 Å². The lowest BCUT2D eigenvalue weighted by Crippen LogP contribution is -2.31. The van der Waals surface area contributed by atoms with Crippen LogP contribution in [0.2, 0.25) is 5.02 Å². The Balaban J connectivity index is 2.50. The van der Waals surface area contributed by atoms with Crippen molar-refractivity contribution in [2.45, 2.75) is 13.3 Å². The van der Waals surface area contributed by atoms with Crippen LogP contribution in [0, 0.1) is 6.92 Å². The zero-order chi connectivity index (χ0) is 14.4. The molecule has 6 heteroatoms. The van der Waals surface area contributed by atoms with Crippen LogP contribution in [0.1, 0.15) is 12.0 Å². The first kappa shape index (κ1) is 15.5. The monoisotopic (exact) mass is 284 g/mol. The number of anilines is 1. The Kier molecular flexibility index (Phi) is 5.79. The number of benzene rings is 1. The normalized spacial score (nSPS) is 10.5. The molecule has 0 aliphatic heterocycles. The van der Waals surface area contributed by atoms with Crippen LogP contribution in [-0.4, -0.2) is 42.0 Å². The summed E-state index contributed by atoms with van der Waals surface area (Å²) in [5, 5.41) is 11.9. The van der Waals surface area contributed by atoms with Gasteiger partial charge in [0.2, 0.25) is 5.91 Å². The number of carbonyl (C=O) groups excluding carboxylic acids is 1. The number of nitrogens with zero attached hydrogens (tertiary/aromatic N) is 1. The minimum atomic E-state index is -0.877. The zero-order valence-electron chi connectivity index (χ0n) is 10.9. The van der Waals surface area contributed by atoms with Crippen molar-refractivity contribution in [1.82, 2.24) is 4.90 Å². The number of aliphatic carboxylic acids is 1. The van der Waals surface area contributed by atoms with Gasteiger partial charge in [0.05, 0.1) is 13.0 Å². The molecule has 0 saturated carbocycles. The van der Waals surface area contributed by atoms with Crippen LogP contribution < -0.4 is 5.32 Å². The van der Waals surface area contributed by atoms with Gasteiger partial charge in [0.15, 0.2) is 0 Å². The Morgan fingerprint density at radius 1 is 1.42 bits per heavy atom. The van der Waals surface area contributed by atoms with Crippen molar-refractivity contribution in [3.8, 4) is 0 Å². The molecule has 1 rings (SSSR count). The summed E-state index contributed by atoms with van der Waals surface area (Å²) in [4.78, 5) is 23.9. The first-order valence-electron chi connectivity index (χ1n) is 5.85. The standard InChI is InChI=1S/C13H17ClN2O3/c1-9-3-4-10(14)7-11(9)15-12(17)8-16(2)6-5-13(18)19/h3-4,7H,5-6,8H2,1-2H3,(H,15,17)(H,18,19). The van der Waals surface area contributed by atoms with Crippen LogP contribution in [0.5, 0.6) is 0 Å². The van der Waals surface area contributed by atoms with Gasteiger partial charge in [-0.15, -0.1) is 0 Å². The highest BCUT2D eigenvalue weighted by molar-refractivity contribution is 6.31. The van der Waals surface area contributed by atoms with E-state index in [-0.39, 0.29) is 18.9 Å². The second-order valence-corrected chi connectivity index (χ2v) is 4.83. The predicted octanol–water partition coefficient (Wildman–Crippen LogP) is 1.99. The maximum Gasteiger partial charge on any atom is 0.304 e. The quantitative estimate of drug-likeness (QED) is 0.838. The van der Waals surface area contributed by atoms with Crippen molar-refractivity contribution in [1.29, 1.82) is 0 Å². The topological polar surface area (TPSA) is 69.6 Å². The van der Waals surface area contributed by atoms with Crippen LogP contribution >= 0.6 is 11.6 Å². The summed E-state index contributed by atoms with van der Waals surface area (Å²) in [5.41, 5.74) is 1.59. The molecule has 1 aromatic carbocycles. The molecule has 0 spiro atoms. The third kappa shape index (κ3) is 5.72. The van der Waals surface area contributed by atoms with Gasteiger partial charge in [0.1, 0.15) is 0 Å². The minimum absolute atomic E-state index is 0.0139. The molecule has 0 aliphatic rings. The molecule has 0 radical (unpaired) electrons. The van der Waals surface area contributed by atoms with E-state index in [1.807, 2.05) is 13.0 Å². The molecule has 0 aliphatic carbocycles. The molecule has 2 N–H and O–H groups in total. The van der Waals surface area contributed by atoms with E-state index in [9.17, 15) is 9.59 Å². The second-order valence-electron chi connectivity index (χ2n) is 4.39. The third-order valence-corrected chi connectivity index (χ3v) is 2.83. The number of carbonyl (C=O) groups is 2. The van der Waals surface area contributed by atoms with Crippen molar-refractivity contribution in [3.63, 3.8) is 0 Å². The lowest BCUT2D eigenvalue weighted by atomic mass is 10.2. The van der Waals surface area contributed by atoms with Gasteiger partial charge < -0.3 is 10.4 Å². The molecule has 0 aromatic heterocycles. The molecule has 5 nitrogen and oxygen atoms in total. The Hall–Kier alpha value is -1.59. The van der Waals surface area contributed by atoms with Gasteiger partial charge in [-0.2, -0.15) is 0 Å². The molecule has 0 atom stereocenters. The maximum atomic E-state index is 11.8. The smallest absolute Gasteiger partial charge is 0.304 e. The number of halogens is 1. The van der Waals surface area contributed by atoms with E-state index in [1.54, 1.807) is 24.1 Å². The number of likely N-dealkylation sites (N-methyl/N-ethyl adjacent to an activating group) is 1. The van der Waals surface area contributed by atoms with Crippen molar-refractivity contribution >= 4 is 29.2 Å². The average Bonchev–Trinajstić information content (AvgIpc) is 2.31. The SMILES string of the molecule is Cc1ccc(Cl)cc1NC(=O)CN(C)CCC(=O)O. The highest BCUT2D eigenvalue weighted by Gasteiger charge is 2.09. The highest BCUT2D eigenvalue weighted by atomic mass is 35.5. The molecule has 0 fully saturated rings. The average molecular weight is 285 g/mol. The summed E-state index contributed by atoms with van der Waals surface area (Å²) in [6.07, 6.45) is 0.0139. The van der Waals surface area contributed by atoms with E-state index >= 15 is 0 Å². The molecular formula is C13H17ClN2O3. The first-order valence-corrected chi connectivity index (χ1v) is 6.22. The fourth-order valence-electron chi connectivity index (χ4n) is 1.53. The summed E-state index contributed by atoms with van der Waals surface area (Å²) in [5.74, 6) is -1.07. The van der Waals surface area contributed by atoms with E-state index in [0.717, 1.165) is 5.56 Å². The van der Waals surface area contributed by atoms with E-state index in [1.165, 1.54) is 0 Å². The number of carboxylic acids is 1. The Labute approximate surface area is 117 Å². The molecule has 104 valence electrons. The molecule has 0 heterocycles.